The summed E-state index contributed by atoms with van der Waals surface area (Å²) in [5, 5.41) is 3.18. The zero-order chi connectivity index (χ0) is 20.6. The first-order valence-electron chi connectivity index (χ1n) is 10.7. The van der Waals surface area contributed by atoms with E-state index in [0.29, 0.717) is 5.56 Å². The maximum atomic E-state index is 13.5. The van der Waals surface area contributed by atoms with Crippen molar-refractivity contribution in [2.75, 3.05) is 6.61 Å². The van der Waals surface area contributed by atoms with Crippen molar-refractivity contribution in [1.82, 2.24) is 5.32 Å². The molecule has 1 unspecified atom stereocenters. The predicted molar refractivity (Wildman–Crippen MR) is 113 cm³/mol. The van der Waals surface area contributed by atoms with Gasteiger partial charge in [0.1, 0.15) is 0 Å². The van der Waals surface area contributed by atoms with Gasteiger partial charge in [0.15, 0.2) is 5.54 Å². The molecule has 0 saturated heterocycles. The van der Waals surface area contributed by atoms with E-state index < -0.39 is 5.54 Å². The Hall–Kier alpha value is -2.62. The number of nitrogens with one attached hydrogen (secondary N) is 1. The summed E-state index contributed by atoms with van der Waals surface area (Å²) >= 11 is 0. The van der Waals surface area contributed by atoms with E-state index >= 15 is 0 Å². The van der Waals surface area contributed by atoms with E-state index in [-0.39, 0.29) is 30.3 Å². The number of benzene rings is 2. The van der Waals surface area contributed by atoms with Crippen molar-refractivity contribution in [1.29, 1.82) is 0 Å². The van der Waals surface area contributed by atoms with Gasteiger partial charge in [-0.1, -0.05) is 50.2 Å². The van der Waals surface area contributed by atoms with Crippen molar-refractivity contribution in [3.63, 3.8) is 0 Å². The maximum Gasteiger partial charge on any atom is 0.333 e. The minimum atomic E-state index is -1.10. The van der Waals surface area contributed by atoms with Gasteiger partial charge in [-0.15, -0.1) is 0 Å². The molecule has 0 aliphatic heterocycles. The molecule has 4 rings (SSSR count). The lowest BCUT2D eigenvalue weighted by Crippen LogP contribution is -2.59. The number of hydrogen-bond donors (Lipinski definition) is 1. The molecule has 2 aromatic carbocycles. The molecule has 0 saturated carbocycles. The van der Waals surface area contributed by atoms with Crippen LogP contribution in [-0.4, -0.2) is 24.0 Å². The molecule has 2 aliphatic carbocycles. The van der Waals surface area contributed by atoms with E-state index in [1.165, 1.54) is 5.56 Å². The van der Waals surface area contributed by atoms with Gasteiger partial charge in [0.25, 0.3) is 5.91 Å². The molecular formula is C25H29NO3. The summed E-state index contributed by atoms with van der Waals surface area (Å²) in [5.74, 6) is -0.870. The Morgan fingerprint density at radius 1 is 1.00 bits per heavy atom. The van der Waals surface area contributed by atoms with E-state index in [0.717, 1.165) is 42.4 Å². The molecule has 0 heterocycles. The van der Waals surface area contributed by atoms with Crippen molar-refractivity contribution >= 4 is 11.9 Å². The van der Waals surface area contributed by atoms with Crippen LogP contribution in [0, 0.1) is 0 Å². The summed E-state index contributed by atoms with van der Waals surface area (Å²) in [7, 11) is 0. The molecular weight excluding hydrogens is 362 g/mol. The average molecular weight is 392 g/mol. The summed E-state index contributed by atoms with van der Waals surface area (Å²) in [6.45, 7) is 6.12. The first-order chi connectivity index (χ1) is 14.0. The number of hydrogen-bond acceptors (Lipinski definition) is 3. The van der Waals surface area contributed by atoms with Gasteiger partial charge in [0.2, 0.25) is 0 Å². The topological polar surface area (TPSA) is 55.4 Å². The van der Waals surface area contributed by atoms with Gasteiger partial charge in [-0.05, 0) is 60.9 Å². The van der Waals surface area contributed by atoms with E-state index in [9.17, 15) is 9.59 Å². The fraction of sp³-hybridized carbons (Fsp3) is 0.440. The second-order valence-corrected chi connectivity index (χ2v) is 8.27. The molecule has 0 radical (unpaired) electrons. The van der Waals surface area contributed by atoms with Crippen molar-refractivity contribution < 1.29 is 14.3 Å². The summed E-state index contributed by atoms with van der Waals surface area (Å²) in [6, 6.07) is 14.0. The van der Waals surface area contributed by atoms with Gasteiger partial charge < -0.3 is 10.1 Å². The van der Waals surface area contributed by atoms with Crippen LogP contribution in [0.1, 0.15) is 78.1 Å². The molecule has 0 fully saturated rings. The third-order valence-electron chi connectivity index (χ3n) is 6.87. The van der Waals surface area contributed by atoms with Gasteiger partial charge in [0, 0.05) is 17.4 Å². The average Bonchev–Trinajstić information content (AvgIpc) is 2.96. The third-order valence-corrected chi connectivity index (χ3v) is 6.87. The van der Waals surface area contributed by atoms with Crippen LogP contribution in [-0.2, 0) is 22.4 Å². The molecule has 4 nitrogen and oxygen atoms in total. The Labute approximate surface area is 172 Å². The highest BCUT2D eigenvalue weighted by atomic mass is 16.5. The number of aryl methyl sites for hydroxylation is 1. The largest absolute Gasteiger partial charge is 0.464 e. The minimum absolute atomic E-state index is 0.170. The number of amides is 1. The number of fused-ring (bicyclic) bond motifs is 2. The van der Waals surface area contributed by atoms with Crippen molar-refractivity contribution in [3.05, 3.63) is 70.3 Å². The predicted octanol–water partition coefficient (Wildman–Crippen LogP) is 4.52. The number of ether oxygens (including phenoxy) is 1. The molecule has 1 amide bonds. The zero-order valence-electron chi connectivity index (χ0n) is 17.5. The standard InChI is InChI=1S/C25H29NO3/c1-4-29-24(28)25(16(2)19-12-7-8-13-20(19)17(25)3)26-23(27)22-15-9-11-18-10-5-6-14-21(18)22/h7-9,11-13,15-17H,4-6,10,14H2,1-3H3,(H,26,27)/t16-,17+,25?. The number of carbonyl (C=O) groups is 2. The van der Waals surface area contributed by atoms with Gasteiger partial charge in [-0.3, -0.25) is 4.79 Å². The fourth-order valence-electron chi connectivity index (χ4n) is 5.29. The Morgan fingerprint density at radius 3 is 2.31 bits per heavy atom. The lowest BCUT2D eigenvalue weighted by Gasteiger charge is -2.36. The lowest BCUT2D eigenvalue weighted by molar-refractivity contribution is -0.152. The molecule has 1 N–H and O–H groups in total. The van der Waals surface area contributed by atoms with Crippen LogP contribution in [0.2, 0.25) is 0 Å². The molecule has 2 aliphatic rings. The number of rotatable bonds is 4. The maximum absolute atomic E-state index is 13.5. The first-order valence-corrected chi connectivity index (χ1v) is 10.7. The quantitative estimate of drug-likeness (QED) is 0.780. The highest BCUT2D eigenvalue weighted by molar-refractivity contribution is 6.01. The van der Waals surface area contributed by atoms with E-state index in [2.05, 4.69) is 11.4 Å². The second-order valence-electron chi connectivity index (χ2n) is 8.27. The van der Waals surface area contributed by atoms with Crippen LogP contribution in [0.15, 0.2) is 42.5 Å². The highest BCUT2D eigenvalue weighted by Gasteiger charge is 2.56. The van der Waals surface area contributed by atoms with Gasteiger partial charge >= 0.3 is 5.97 Å². The first kappa shape index (κ1) is 19.7. The van der Waals surface area contributed by atoms with Gasteiger partial charge in [0.05, 0.1) is 6.61 Å². The number of esters is 1. The minimum Gasteiger partial charge on any atom is -0.464 e. The van der Waals surface area contributed by atoms with E-state index in [1.54, 1.807) is 6.92 Å². The second kappa shape index (κ2) is 7.66. The molecule has 152 valence electrons. The molecule has 4 heteroatoms. The van der Waals surface area contributed by atoms with Crippen molar-refractivity contribution in [3.8, 4) is 0 Å². The van der Waals surface area contributed by atoms with Crippen molar-refractivity contribution in [2.24, 2.45) is 0 Å². The Balaban J connectivity index is 1.75. The molecule has 29 heavy (non-hydrogen) atoms. The Bertz CT molecular complexity index is 920. The smallest absolute Gasteiger partial charge is 0.333 e. The van der Waals surface area contributed by atoms with Gasteiger partial charge in [-0.25, -0.2) is 4.79 Å². The monoisotopic (exact) mass is 391 g/mol. The van der Waals surface area contributed by atoms with Crippen LogP contribution in [0.25, 0.3) is 0 Å². The van der Waals surface area contributed by atoms with Crippen LogP contribution >= 0.6 is 0 Å². The molecule has 0 aromatic heterocycles. The SMILES string of the molecule is CCOC(=O)C1(NC(=O)c2cccc3c2CCCC3)[C@H](C)c2ccccc2[C@@H]1C. The summed E-state index contributed by atoms with van der Waals surface area (Å²) in [4.78, 5) is 26.8. The number of carbonyl (C=O) groups excluding carboxylic acids is 2. The highest BCUT2D eigenvalue weighted by Crippen LogP contribution is 2.50. The molecule has 2 aromatic rings. The van der Waals surface area contributed by atoms with Crippen LogP contribution in [0.4, 0.5) is 0 Å². The Kier molecular flexibility index (Phi) is 5.20. The van der Waals surface area contributed by atoms with E-state index in [1.807, 2.05) is 50.2 Å². The molecule has 0 bridgehead atoms. The Morgan fingerprint density at radius 2 is 1.66 bits per heavy atom. The van der Waals surface area contributed by atoms with Crippen LogP contribution in [0.5, 0.6) is 0 Å². The fourth-order valence-corrected chi connectivity index (χ4v) is 5.29. The third kappa shape index (κ3) is 3.06. The summed E-state index contributed by atoms with van der Waals surface area (Å²) in [6.07, 6.45) is 4.18. The van der Waals surface area contributed by atoms with Crippen LogP contribution in [0.3, 0.4) is 0 Å². The normalized spacial score (nSPS) is 25.1. The van der Waals surface area contributed by atoms with Gasteiger partial charge in [-0.2, -0.15) is 0 Å². The molecule has 0 spiro atoms. The van der Waals surface area contributed by atoms with Crippen LogP contribution < -0.4 is 5.32 Å². The van der Waals surface area contributed by atoms with Crippen molar-refractivity contribution in [2.45, 2.75) is 63.8 Å². The zero-order valence-corrected chi connectivity index (χ0v) is 17.5. The lowest BCUT2D eigenvalue weighted by atomic mass is 9.79. The van der Waals surface area contributed by atoms with E-state index in [4.69, 9.17) is 4.74 Å². The molecule has 3 atom stereocenters. The summed E-state index contributed by atoms with van der Waals surface area (Å²) < 4.78 is 5.50. The summed E-state index contributed by atoms with van der Waals surface area (Å²) in [5.41, 5.74) is 4.18.